The summed E-state index contributed by atoms with van der Waals surface area (Å²) in [5.41, 5.74) is 2.71. The molecular formula is C29H32F3N7O3. The van der Waals surface area contributed by atoms with Crippen LogP contribution in [0.5, 0.6) is 5.75 Å². The van der Waals surface area contributed by atoms with Crippen LogP contribution in [0.4, 0.5) is 42.0 Å². The Morgan fingerprint density at radius 1 is 1.14 bits per heavy atom. The molecule has 3 aliphatic heterocycles. The Kier molecular flexibility index (Phi) is 7.78. The summed E-state index contributed by atoms with van der Waals surface area (Å²) in [5, 5.41) is 8.61. The number of fused-ring (bicyclic) bond motifs is 1. The van der Waals surface area contributed by atoms with Gasteiger partial charge in [0.05, 0.1) is 38.0 Å². The van der Waals surface area contributed by atoms with E-state index in [1.165, 1.54) is 0 Å². The van der Waals surface area contributed by atoms with Crippen LogP contribution >= 0.6 is 0 Å². The molecule has 0 atom stereocenters. The van der Waals surface area contributed by atoms with E-state index in [2.05, 4.69) is 35.7 Å². The number of nitrogens with zero attached hydrogens (tertiary/aromatic N) is 4. The van der Waals surface area contributed by atoms with Crippen LogP contribution in [0.2, 0.25) is 0 Å². The number of alkyl halides is 3. The lowest BCUT2D eigenvalue weighted by molar-refractivity contribution is -0.137. The summed E-state index contributed by atoms with van der Waals surface area (Å²) in [6, 6.07) is 11.5. The summed E-state index contributed by atoms with van der Waals surface area (Å²) in [5.74, 6) is 0.0359. The summed E-state index contributed by atoms with van der Waals surface area (Å²) in [6.45, 7) is 7.58. The van der Waals surface area contributed by atoms with Crippen LogP contribution in [-0.2, 0) is 28.7 Å². The lowest BCUT2D eigenvalue weighted by Crippen LogP contribution is -2.56. The van der Waals surface area contributed by atoms with Crippen molar-refractivity contribution in [2.75, 3.05) is 66.8 Å². The number of carbonyl (C=O) groups excluding carboxylic acids is 1. The van der Waals surface area contributed by atoms with Crippen molar-refractivity contribution < 1.29 is 27.4 Å². The summed E-state index contributed by atoms with van der Waals surface area (Å²) < 4.78 is 52.8. The minimum atomic E-state index is -4.66. The molecule has 4 heterocycles. The van der Waals surface area contributed by atoms with Gasteiger partial charge in [-0.1, -0.05) is 12.1 Å². The molecule has 10 nitrogen and oxygen atoms in total. The molecule has 3 N–H and O–H groups in total. The number of carbonyl (C=O) groups is 1. The van der Waals surface area contributed by atoms with E-state index >= 15 is 0 Å². The van der Waals surface area contributed by atoms with Gasteiger partial charge in [0.1, 0.15) is 17.1 Å². The average Bonchev–Trinajstić information content (AvgIpc) is 3.33. The Labute approximate surface area is 241 Å². The highest BCUT2D eigenvalue weighted by molar-refractivity contribution is 5.99. The average molecular weight is 584 g/mol. The van der Waals surface area contributed by atoms with E-state index in [1.807, 2.05) is 25.1 Å². The van der Waals surface area contributed by atoms with Crippen molar-refractivity contribution in [3.05, 3.63) is 59.3 Å². The highest BCUT2D eigenvalue weighted by Crippen LogP contribution is 2.36. The number of hydrogen-bond donors (Lipinski definition) is 3. The van der Waals surface area contributed by atoms with E-state index in [9.17, 15) is 18.0 Å². The lowest BCUT2D eigenvalue weighted by atomic mass is 10.0. The molecule has 13 heteroatoms. The Morgan fingerprint density at radius 3 is 2.67 bits per heavy atom. The van der Waals surface area contributed by atoms with Crippen molar-refractivity contribution in [1.29, 1.82) is 0 Å². The van der Waals surface area contributed by atoms with Crippen molar-refractivity contribution in [2.24, 2.45) is 0 Å². The predicted molar refractivity (Wildman–Crippen MR) is 152 cm³/mol. The second-order valence-corrected chi connectivity index (χ2v) is 10.4. The van der Waals surface area contributed by atoms with E-state index < -0.39 is 11.7 Å². The first kappa shape index (κ1) is 28.0. The van der Waals surface area contributed by atoms with Gasteiger partial charge in [-0.25, -0.2) is 4.98 Å². The van der Waals surface area contributed by atoms with E-state index in [1.54, 1.807) is 18.2 Å². The normalized spacial score (nSPS) is 17.4. The van der Waals surface area contributed by atoms with Crippen LogP contribution in [0.15, 0.2) is 42.6 Å². The number of benzene rings is 2. The third kappa shape index (κ3) is 5.93. The van der Waals surface area contributed by atoms with Gasteiger partial charge < -0.3 is 30.3 Å². The molecule has 0 radical (unpaired) electrons. The fourth-order valence-electron chi connectivity index (χ4n) is 5.43. The van der Waals surface area contributed by atoms with Gasteiger partial charge in [-0.2, -0.15) is 18.2 Å². The first-order chi connectivity index (χ1) is 20.3. The maximum absolute atomic E-state index is 13.9. The molecule has 2 fully saturated rings. The summed E-state index contributed by atoms with van der Waals surface area (Å²) >= 11 is 0. The molecule has 6 rings (SSSR count). The number of hydrogen-bond acceptors (Lipinski definition) is 9. The van der Waals surface area contributed by atoms with Crippen molar-refractivity contribution in [3.63, 3.8) is 0 Å². The molecule has 0 aliphatic carbocycles. The van der Waals surface area contributed by atoms with E-state index in [-0.39, 0.29) is 30.6 Å². The first-order valence-electron chi connectivity index (χ1n) is 14.0. The van der Waals surface area contributed by atoms with Gasteiger partial charge in [-0.05, 0) is 36.2 Å². The fraction of sp³-hybridized carbons (Fsp3) is 0.414. The maximum atomic E-state index is 13.9. The van der Waals surface area contributed by atoms with Crippen LogP contribution in [0.3, 0.4) is 0 Å². The van der Waals surface area contributed by atoms with Crippen LogP contribution < -0.4 is 25.6 Å². The Morgan fingerprint density at radius 2 is 1.95 bits per heavy atom. The van der Waals surface area contributed by atoms with E-state index in [0.29, 0.717) is 35.3 Å². The molecule has 3 aliphatic rings. The molecule has 0 unspecified atom stereocenters. The Hall–Kier alpha value is -4.10. The summed E-state index contributed by atoms with van der Waals surface area (Å²) in [6.07, 6.45) is -3.72. The maximum Gasteiger partial charge on any atom is 0.421 e. The smallest absolute Gasteiger partial charge is 0.421 e. The number of anilines is 5. The third-order valence-corrected chi connectivity index (χ3v) is 7.75. The quantitative estimate of drug-likeness (QED) is 0.341. The molecule has 1 amide bonds. The fourth-order valence-corrected chi connectivity index (χ4v) is 5.43. The Bertz CT molecular complexity index is 1460. The molecule has 0 bridgehead atoms. The predicted octanol–water partition coefficient (Wildman–Crippen LogP) is 4.27. The molecule has 0 spiro atoms. The van der Waals surface area contributed by atoms with E-state index in [0.717, 1.165) is 56.8 Å². The summed E-state index contributed by atoms with van der Waals surface area (Å²) in [7, 11) is 0. The van der Waals surface area contributed by atoms with Crippen molar-refractivity contribution in [3.8, 4) is 5.75 Å². The lowest BCUT2D eigenvalue weighted by Gasteiger charge is -2.43. The third-order valence-electron chi connectivity index (χ3n) is 7.75. The standard InChI is InChI=1S/C29H32F3N7O3/c1-2-42-25-12-19(38-8-10-39(11-9-38)20-16-41-17-20)6-7-24(25)36-28-34-15-22(29(30,31)32)27(37-28)33-14-18-4-3-5-23-21(18)13-26(40)35-23/h3-7,12,15,20H,2,8-11,13-14,16-17H2,1H3,(H,35,40)(H2,33,34,36,37). The van der Waals surface area contributed by atoms with Gasteiger partial charge in [0, 0.05) is 56.4 Å². The zero-order valence-corrected chi connectivity index (χ0v) is 23.1. The number of aromatic nitrogens is 2. The number of nitrogens with one attached hydrogen (secondary N) is 3. The molecule has 0 saturated carbocycles. The molecule has 2 saturated heterocycles. The second-order valence-electron chi connectivity index (χ2n) is 10.4. The SMILES string of the molecule is CCOc1cc(N2CCN(C3COC3)CC2)ccc1Nc1ncc(C(F)(F)F)c(NCc2cccc3c2CC(=O)N3)n1. The van der Waals surface area contributed by atoms with Gasteiger partial charge in [-0.3, -0.25) is 9.69 Å². The van der Waals surface area contributed by atoms with Gasteiger partial charge in [0.25, 0.3) is 0 Å². The number of rotatable bonds is 9. The van der Waals surface area contributed by atoms with Gasteiger partial charge in [0.2, 0.25) is 11.9 Å². The molecule has 222 valence electrons. The second kappa shape index (κ2) is 11.6. The highest BCUT2D eigenvalue weighted by atomic mass is 19.4. The number of ether oxygens (including phenoxy) is 2. The highest BCUT2D eigenvalue weighted by Gasteiger charge is 2.35. The van der Waals surface area contributed by atoms with Crippen molar-refractivity contribution in [1.82, 2.24) is 14.9 Å². The number of halogens is 3. The topological polar surface area (TPSA) is 104 Å². The van der Waals surface area contributed by atoms with Crippen LogP contribution in [0.1, 0.15) is 23.6 Å². The molecule has 42 heavy (non-hydrogen) atoms. The molecule has 2 aromatic carbocycles. The van der Waals surface area contributed by atoms with Gasteiger partial charge in [0.15, 0.2) is 0 Å². The van der Waals surface area contributed by atoms with Crippen molar-refractivity contribution >= 4 is 34.7 Å². The molecular weight excluding hydrogens is 551 g/mol. The van der Waals surface area contributed by atoms with Crippen LogP contribution in [0.25, 0.3) is 0 Å². The minimum absolute atomic E-state index is 0.00864. The summed E-state index contributed by atoms with van der Waals surface area (Å²) in [4.78, 5) is 24.7. The number of amides is 1. The van der Waals surface area contributed by atoms with Crippen LogP contribution in [0, 0.1) is 0 Å². The molecule has 1 aromatic heterocycles. The van der Waals surface area contributed by atoms with Gasteiger partial charge >= 0.3 is 6.18 Å². The van der Waals surface area contributed by atoms with Gasteiger partial charge in [-0.15, -0.1) is 0 Å². The first-order valence-corrected chi connectivity index (χ1v) is 14.0. The largest absolute Gasteiger partial charge is 0.492 e. The zero-order valence-electron chi connectivity index (χ0n) is 23.1. The Balaban J connectivity index is 1.20. The number of piperazine rings is 1. The molecule has 3 aromatic rings. The zero-order chi connectivity index (χ0) is 29.3. The van der Waals surface area contributed by atoms with E-state index in [4.69, 9.17) is 9.47 Å². The van der Waals surface area contributed by atoms with Crippen molar-refractivity contribution in [2.45, 2.75) is 32.1 Å². The monoisotopic (exact) mass is 583 g/mol. The minimum Gasteiger partial charge on any atom is -0.492 e. The van der Waals surface area contributed by atoms with Crippen LogP contribution in [-0.4, -0.2) is 72.8 Å².